The van der Waals surface area contributed by atoms with E-state index >= 15 is 0 Å². The second-order valence-electron chi connectivity index (χ2n) is 6.33. The highest BCUT2D eigenvalue weighted by Crippen LogP contribution is 2.20. The number of anilines is 1. The molecule has 1 aromatic carbocycles. The van der Waals surface area contributed by atoms with Gasteiger partial charge in [0.1, 0.15) is 4.32 Å². The third kappa shape index (κ3) is 6.80. The van der Waals surface area contributed by atoms with E-state index in [0.29, 0.717) is 24.8 Å². The first-order valence-corrected chi connectivity index (χ1v) is 10.0. The second kappa shape index (κ2) is 10.3. The Labute approximate surface area is 163 Å². The molecule has 1 aliphatic heterocycles. The first kappa shape index (κ1) is 20.4. The summed E-state index contributed by atoms with van der Waals surface area (Å²) >= 11 is 6.83. The summed E-state index contributed by atoms with van der Waals surface area (Å²) in [5.74, 6) is 0.927. The zero-order chi connectivity index (χ0) is 18.9. The number of thiocarbonyl (C=S) groups is 1. The van der Waals surface area contributed by atoms with Crippen molar-refractivity contribution in [3.05, 3.63) is 34.4 Å². The SMILES string of the molecule is C[C@@H]1CCCN(C(=S)SCC(=O)NCCNc2ccc([N+](=O)[O-])cc2)C1. The molecule has 1 atom stereocenters. The van der Waals surface area contributed by atoms with Gasteiger partial charge in [0, 0.05) is 44.0 Å². The van der Waals surface area contributed by atoms with Crippen LogP contribution in [-0.4, -0.2) is 52.0 Å². The van der Waals surface area contributed by atoms with Crippen molar-refractivity contribution < 1.29 is 9.72 Å². The largest absolute Gasteiger partial charge is 0.383 e. The van der Waals surface area contributed by atoms with Crippen molar-refractivity contribution in [2.24, 2.45) is 5.92 Å². The molecule has 0 radical (unpaired) electrons. The maximum Gasteiger partial charge on any atom is 0.269 e. The van der Waals surface area contributed by atoms with Crippen molar-refractivity contribution in [3.8, 4) is 0 Å². The first-order chi connectivity index (χ1) is 12.5. The number of nitro benzene ring substituents is 1. The summed E-state index contributed by atoms with van der Waals surface area (Å²) in [6.45, 7) is 5.21. The highest BCUT2D eigenvalue weighted by Gasteiger charge is 2.19. The van der Waals surface area contributed by atoms with E-state index in [4.69, 9.17) is 12.2 Å². The number of piperidine rings is 1. The molecule has 1 saturated heterocycles. The number of nitrogens with one attached hydrogen (secondary N) is 2. The third-order valence-corrected chi connectivity index (χ3v) is 5.62. The fourth-order valence-corrected chi connectivity index (χ4v) is 3.78. The van der Waals surface area contributed by atoms with Crippen LogP contribution >= 0.6 is 24.0 Å². The van der Waals surface area contributed by atoms with E-state index in [1.165, 1.54) is 30.3 Å². The van der Waals surface area contributed by atoms with E-state index in [0.717, 1.165) is 29.5 Å². The van der Waals surface area contributed by atoms with E-state index in [1.807, 2.05) is 0 Å². The van der Waals surface area contributed by atoms with Gasteiger partial charge in [-0.15, -0.1) is 0 Å². The van der Waals surface area contributed by atoms with Crippen LogP contribution in [0.4, 0.5) is 11.4 Å². The van der Waals surface area contributed by atoms with E-state index in [2.05, 4.69) is 22.5 Å². The van der Waals surface area contributed by atoms with Crippen LogP contribution in [0.25, 0.3) is 0 Å². The topological polar surface area (TPSA) is 87.5 Å². The van der Waals surface area contributed by atoms with Crippen LogP contribution in [0.2, 0.25) is 0 Å². The van der Waals surface area contributed by atoms with E-state index < -0.39 is 4.92 Å². The molecule has 0 aromatic heterocycles. The molecule has 2 rings (SSSR count). The number of carbonyl (C=O) groups is 1. The molecule has 1 aromatic rings. The van der Waals surface area contributed by atoms with Gasteiger partial charge in [-0.25, -0.2) is 0 Å². The summed E-state index contributed by atoms with van der Waals surface area (Å²) in [4.78, 5) is 24.3. The number of rotatable bonds is 7. The molecule has 26 heavy (non-hydrogen) atoms. The molecule has 142 valence electrons. The van der Waals surface area contributed by atoms with Gasteiger partial charge in [0.2, 0.25) is 5.91 Å². The average Bonchev–Trinajstić information content (AvgIpc) is 2.63. The smallest absolute Gasteiger partial charge is 0.269 e. The minimum atomic E-state index is -0.434. The van der Waals surface area contributed by atoms with Crippen LogP contribution in [0.5, 0.6) is 0 Å². The molecule has 1 heterocycles. The van der Waals surface area contributed by atoms with Crippen LogP contribution in [0.3, 0.4) is 0 Å². The van der Waals surface area contributed by atoms with Crippen LogP contribution in [0.15, 0.2) is 24.3 Å². The molecule has 7 nitrogen and oxygen atoms in total. The zero-order valence-corrected chi connectivity index (χ0v) is 16.4. The predicted molar refractivity (Wildman–Crippen MR) is 110 cm³/mol. The summed E-state index contributed by atoms with van der Waals surface area (Å²) in [5, 5.41) is 16.5. The van der Waals surface area contributed by atoms with Crippen molar-refractivity contribution in [1.29, 1.82) is 0 Å². The quantitative estimate of drug-likeness (QED) is 0.317. The van der Waals surface area contributed by atoms with Gasteiger partial charge in [-0.1, -0.05) is 30.9 Å². The Morgan fingerprint density at radius 3 is 2.77 bits per heavy atom. The lowest BCUT2D eigenvalue weighted by Crippen LogP contribution is -2.37. The highest BCUT2D eigenvalue weighted by atomic mass is 32.2. The van der Waals surface area contributed by atoms with Crippen molar-refractivity contribution >= 4 is 45.6 Å². The minimum Gasteiger partial charge on any atom is -0.383 e. The standard InChI is InChI=1S/C17H24N4O3S2/c1-13-3-2-10-20(11-13)17(25)26-12-16(22)19-9-8-18-14-4-6-15(7-5-14)21(23)24/h4-7,13,18H,2-3,8-12H2,1H3,(H,19,22)/t13-/m1/s1. The molecule has 0 aliphatic carbocycles. The third-order valence-electron chi connectivity index (χ3n) is 4.10. The Kier molecular flexibility index (Phi) is 8.11. The number of carbonyl (C=O) groups excluding carboxylic acids is 1. The second-order valence-corrected chi connectivity index (χ2v) is 7.94. The summed E-state index contributed by atoms with van der Waals surface area (Å²) < 4.78 is 0.802. The van der Waals surface area contributed by atoms with E-state index in [-0.39, 0.29) is 11.6 Å². The molecule has 0 bridgehead atoms. The summed E-state index contributed by atoms with van der Waals surface area (Å²) in [7, 11) is 0. The summed E-state index contributed by atoms with van der Waals surface area (Å²) in [6, 6.07) is 6.18. The number of non-ortho nitro benzene ring substituents is 1. The van der Waals surface area contributed by atoms with Gasteiger partial charge in [-0.2, -0.15) is 0 Å². The molecule has 1 fully saturated rings. The Bertz CT molecular complexity index is 639. The van der Waals surface area contributed by atoms with Crippen molar-refractivity contribution in [2.75, 3.05) is 37.2 Å². The first-order valence-electron chi connectivity index (χ1n) is 8.62. The number of amides is 1. The Balaban J connectivity index is 1.60. The van der Waals surface area contributed by atoms with Gasteiger partial charge in [0.25, 0.3) is 5.69 Å². The maximum absolute atomic E-state index is 11.9. The monoisotopic (exact) mass is 396 g/mol. The average molecular weight is 397 g/mol. The molecule has 1 amide bonds. The number of nitro groups is 1. The number of nitrogens with zero attached hydrogens (tertiary/aromatic N) is 2. The van der Waals surface area contributed by atoms with Crippen LogP contribution in [-0.2, 0) is 4.79 Å². The number of hydrogen-bond acceptors (Lipinski definition) is 6. The molecule has 0 spiro atoms. The number of benzene rings is 1. The van der Waals surface area contributed by atoms with Crippen molar-refractivity contribution in [2.45, 2.75) is 19.8 Å². The molecule has 0 unspecified atom stereocenters. The van der Waals surface area contributed by atoms with E-state index in [9.17, 15) is 14.9 Å². The van der Waals surface area contributed by atoms with Gasteiger partial charge in [0.05, 0.1) is 10.7 Å². The Hall–Kier alpha value is -1.87. The highest BCUT2D eigenvalue weighted by molar-refractivity contribution is 8.23. The van der Waals surface area contributed by atoms with E-state index in [1.54, 1.807) is 12.1 Å². The van der Waals surface area contributed by atoms with Gasteiger partial charge in [-0.05, 0) is 30.9 Å². The number of hydrogen-bond donors (Lipinski definition) is 2. The molecular weight excluding hydrogens is 372 g/mol. The lowest BCUT2D eigenvalue weighted by Gasteiger charge is -2.32. The Morgan fingerprint density at radius 2 is 2.12 bits per heavy atom. The fourth-order valence-electron chi connectivity index (χ4n) is 2.73. The lowest BCUT2D eigenvalue weighted by atomic mass is 10.0. The maximum atomic E-state index is 11.9. The van der Waals surface area contributed by atoms with Gasteiger partial charge in [-0.3, -0.25) is 14.9 Å². The van der Waals surface area contributed by atoms with Crippen molar-refractivity contribution in [1.82, 2.24) is 10.2 Å². The molecule has 1 aliphatic rings. The normalized spacial score (nSPS) is 16.8. The number of likely N-dealkylation sites (tertiary alicyclic amines) is 1. The molecule has 9 heteroatoms. The molecule has 2 N–H and O–H groups in total. The predicted octanol–water partition coefficient (Wildman–Crippen LogP) is 2.87. The Morgan fingerprint density at radius 1 is 1.38 bits per heavy atom. The van der Waals surface area contributed by atoms with Crippen LogP contribution in [0, 0.1) is 16.0 Å². The molecular formula is C17H24N4O3S2. The zero-order valence-electron chi connectivity index (χ0n) is 14.8. The van der Waals surface area contributed by atoms with Crippen LogP contribution in [0.1, 0.15) is 19.8 Å². The molecule has 0 saturated carbocycles. The van der Waals surface area contributed by atoms with Gasteiger partial charge >= 0.3 is 0 Å². The fraction of sp³-hybridized carbons (Fsp3) is 0.529. The number of thioether (sulfide) groups is 1. The van der Waals surface area contributed by atoms with Gasteiger partial charge < -0.3 is 15.5 Å². The summed E-state index contributed by atoms with van der Waals surface area (Å²) in [5.41, 5.74) is 0.833. The lowest BCUT2D eigenvalue weighted by molar-refractivity contribution is -0.384. The summed E-state index contributed by atoms with van der Waals surface area (Å²) in [6.07, 6.45) is 2.40. The minimum absolute atomic E-state index is 0.0482. The van der Waals surface area contributed by atoms with Crippen molar-refractivity contribution in [3.63, 3.8) is 0 Å². The van der Waals surface area contributed by atoms with Crippen LogP contribution < -0.4 is 10.6 Å². The van der Waals surface area contributed by atoms with Gasteiger partial charge in [0.15, 0.2) is 0 Å².